The average molecular weight is 414 g/mol. The topological polar surface area (TPSA) is 30.0 Å². The van der Waals surface area contributed by atoms with Crippen molar-refractivity contribution < 1.29 is 4.79 Å². The predicted octanol–water partition coefficient (Wildman–Crippen LogP) is 8.31. The van der Waals surface area contributed by atoms with Crippen LogP contribution in [0.15, 0.2) is 54.6 Å². The summed E-state index contributed by atoms with van der Waals surface area (Å²) < 4.78 is 0. The van der Waals surface area contributed by atoms with Crippen LogP contribution in [0.1, 0.15) is 62.2 Å². The quantitative estimate of drug-likeness (QED) is 0.274. The van der Waals surface area contributed by atoms with Crippen LogP contribution < -0.4 is 0 Å². The number of hydrogen-bond acceptors (Lipinski definition) is 3. The molecule has 0 aliphatic heterocycles. The molecule has 1 aromatic heterocycles. The molecule has 0 amide bonds. The van der Waals surface area contributed by atoms with Gasteiger partial charge in [-0.25, -0.2) is 4.98 Å². The first-order valence-electron chi connectivity index (χ1n) is 9.97. The number of aldehydes is 1. The molecule has 0 spiro atoms. The van der Waals surface area contributed by atoms with Crippen LogP contribution in [-0.4, -0.2) is 11.3 Å². The van der Waals surface area contributed by atoms with E-state index in [9.17, 15) is 4.79 Å². The lowest BCUT2D eigenvalue weighted by molar-refractivity contribution is 0.112. The highest BCUT2D eigenvalue weighted by molar-refractivity contribution is 7.17. The zero-order valence-electron chi connectivity index (χ0n) is 16.7. The van der Waals surface area contributed by atoms with E-state index in [2.05, 4.69) is 18.8 Å². The Labute approximate surface area is 177 Å². The average Bonchev–Trinajstić information content (AvgIpc) is 3.17. The van der Waals surface area contributed by atoms with Crippen molar-refractivity contribution in [3.63, 3.8) is 0 Å². The molecule has 148 valence electrons. The second-order valence-corrected chi connectivity index (χ2v) is 8.05. The van der Waals surface area contributed by atoms with E-state index in [0.717, 1.165) is 28.0 Å². The number of benzene rings is 2. The highest BCUT2D eigenvalue weighted by Crippen LogP contribution is 2.38. The second kappa shape index (κ2) is 12.5. The van der Waals surface area contributed by atoms with Crippen molar-refractivity contribution in [2.45, 2.75) is 52.4 Å². The lowest BCUT2D eigenvalue weighted by atomic mass is 10.1. The summed E-state index contributed by atoms with van der Waals surface area (Å²) in [6, 6.07) is 17.4. The lowest BCUT2D eigenvalue weighted by Crippen LogP contribution is -1.84. The summed E-state index contributed by atoms with van der Waals surface area (Å²) in [5, 5.41) is 1.09. The van der Waals surface area contributed by atoms with Gasteiger partial charge in [0.25, 0.3) is 0 Å². The van der Waals surface area contributed by atoms with Gasteiger partial charge in [0.1, 0.15) is 0 Å². The van der Waals surface area contributed by atoms with Gasteiger partial charge < -0.3 is 0 Å². The number of carbonyl (C=O) groups is 1. The third-order valence-corrected chi connectivity index (χ3v) is 5.73. The Kier molecular flexibility index (Phi) is 9.95. The molecule has 0 bridgehead atoms. The summed E-state index contributed by atoms with van der Waals surface area (Å²) in [4.78, 5) is 16.4. The maximum Gasteiger partial charge on any atom is 0.178 e. The van der Waals surface area contributed by atoms with Gasteiger partial charge in [-0.15, -0.1) is 11.3 Å². The fourth-order valence-corrected chi connectivity index (χ4v) is 3.99. The Morgan fingerprint density at radius 3 is 2.07 bits per heavy atom. The van der Waals surface area contributed by atoms with Crippen LogP contribution in [0.3, 0.4) is 0 Å². The zero-order valence-corrected chi connectivity index (χ0v) is 18.2. The van der Waals surface area contributed by atoms with Gasteiger partial charge in [0.15, 0.2) is 11.3 Å². The number of carbonyl (C=O) groups excluding carboxylic acids is 1. The van der Waals surface area contributed by atoms with Crippen LogP contribution in [0.2, 0.25) is 5.02 Å². The molecule has 3 aromatic rings. The van der Waals surface area contributed by atoms with Crippen LogP contribution in [-0.2, 0) is 0 Å². The maximum absolute atomic E-state index is 11.0. The second-order valence-electron chi connectivity index (χ2n) is 6.61. The Hall–Kier alpha value is -1.97. The van der Waals surface area contributed by atoms with E-state index in [1.54, 1.807) is 0 Å². The van der Waals surface area contributed by atoms with Crippen molar-refractivity contribution >= 4 is 29.2 Å². The third kappa shape index (κ3) is 6.57. The molecule has 0 unspecified atom stereocenters. The van der Waals surface area contributed by atoms with Gasteiger partial charge in [0.2, 0.25) is 0 Å². The van der Waals surface area contributed by atoms with E-state index in [-0.39, 0.29) is 0 Å². The molecule has 1 heterocycles. The van der Waals surface area contributed by atoms with Crippen LogP contribution in [0, 0.1) is 0 Å². The van der Waals surface area contributed by atoms with E-state index in [1.165, 1.54) is 49.9 Å². The van der Waals surface area contributed by atoms with Crippen LogP contribution in [0.5, 0.6) is 0 Å². The molecule has 0 N–H and O–H groups in total. The molecule has 0 saturated carbocycles. The van der Waals surface area contributed by atoms with Gasteiger partial charge in [-0.3, -0.25) is 4.79 Å². The molecular weight excluding hydrogens is 386 g/mol. The molecule has 0 fully saturated rings. The minimum atomic E-state index is 0.457. The molecule has 2 aromatic carbocycles. The largest absolute Gasteiger partial charge is 0.295 e. The molecule has 0 saturated heterocycles. The van der Waals surface area contributed by atoms with Crippen molar-refractivity contribution in [2.75, 3.05) is 0 Å². The van der Waals surface area contributed by atoms with Gasteiger partial charge in [-0.1, -0.05) is 113 Å². The van der Waals surface area contributed by atoms with Gasteiger partial charge in [-0.05, 0) is 11.6 Å². The fourth-order valence-electron chi connectivity index (χ4n) is 2.86. The normalized spacial score (nSPS) is 10.2. The number of unbranched alkanes of at least 4 members (excludes halogenated alkanes) is 5. The number of nitrogens with zero attached hydrogens (tertiary/aromatic N) is 1. The molecule has 0 aliphatic rings. The van der Waals surface area contributed by atoms with Gasteiger partial charge >= 0.3 is 0 Å². The minimum absolute atomic E-state index is 0.457. The summed E-state index contributed by atoms with van der Waals surface area (Å²) in [6.07, 6.45) is 9.26. The standard InChI is InChI=1S/C16H10ClNOS.C8H18/c17-13-9-5-4-8-12(13)15-16(20-14(10-19)18-15)11-6-2-1-3-7-11;1-3-5-7-8-6-4-2/h1-10H;3-8H2,1-2H3. The summed E-state index contributed by atoms with van der Waals surface area (Å²) in [7, 11) is 0. The number of rotatable bonds is 8. The van der Waals surface area contributed by atoms with E-state index < -0.39 is 0 Å². The predicted molar refractivity (Wildman–Crippen MR) is 122 cm³/mol. The first-order valence-corrected chi connectivity index (χ1v) is 11.2. The summed E-state index contributed by atoms with van der Waals surface area (Å²) >= 11 is 7.63. The summed E-state index contributed by atoms with van der Waals surface area (Å²) in [5.74, 6) is 0. The number of aromatic nitrogens is 1. The van der Waals surface area contributed by atoms with E-state index >= 15 is 0 Å². The van der Waals surface area contributed by atoms with Gasteiger partial charge in [0.05, 0.1) is 15.6 Å². The Morgan fingerprint density at radius 2 is 1.50 bits per heavy atom. The van der Waals surface area contributed by atoms with E-state index in [1.807, 2.05) is 54.6 Å². The number of halogens is 1. The van der Waals surface area contributed by atoms with Gasteiger partial charge in [-0.2, -0.15) is 0 Å². The SMILES string of the molecule is CCCCCCCC.O=Cc1nc(-c2ccccc2Cl)c(-c2ccccc2)s1. The molecule has 0 aliphatic carbocycles. The van der Waals surface area contributed by atoms with Gasteiger partial charge in [0, 0.05) is 5.56 Å². The third-order valence-electron chi connectivity index (χ3n) is 4.37. The maximum atomic E-state index is 11.0. The van der Waals surface area contributed by atoms with Crippen molar-refractivity contribution in [1.82, 2.24) is 4.98 Å². The zero-order chi connectivity index (χ0) is 20.2. The van der Waals surface area contributed by atoms with E-state index in [0.29, 0.717) is 10.0 Å². The van der Waals surface area contributed by atoms with Crippen molar-refractivity contribution in [3.05, 3.63) is 64.6 Å². The number of hydrogen-bond donors (Lipinski definition) is 0. The molecule has 0 atom stereocenters. The fraction of sp³-hybridized carbons (Fsp3) is 0.333. The van der Waals surface area contributed by atoms with Crippen LogP contribution >= 0.6 is 22.9 Å². The van der Waals surface area contributed by atoms with Crippen molar-refractivity contribution in [2.24, 2.45) is 0 Å². The highest BCUT2D eigenvalue weighted by Gasteiger charge is 2.16. The monoisotopic (exact) mass is 413 g/mol. The summed E-state index contributed by atoms with van der Waals surface area (Å²) in [5.41, 5.74) is 2.64. The molecule has 4 heteroatoms. The minimum Gasteiger partial charge on any atom is -0.295 e. The first kappa shape index (κ1) is 22.3. The molecule has 0 radical (unpaired) electrons. The molecule has 28 heavy (non-hydrogen) atoms. The lowest BCUT2D eigenvalue weighted by Gasteiger charge is -2.04. The smallest absolute Gasteiger partial charge is 0.178 e. The molecular formula is C24H28ClNOS. The molecule has 3 rings (SSSR count). The molecule has 2 nitrogen and oxygen atoms in total. The summed E-state index contributed by atoms with van der Waals surface area (Å²) in [6.45, 7) is 4.51. The first-order chi connectivity index (χ1) is 13.7. The van der Waals surface area contributed by atoms with Crippen LogP contribution in [0.25, 0.3) is 21.7 Å². The van der Waals surface area contributed by atoms with Crippen molar-refractivity contribution in [3.8, 4) is 21.7 Å². The van der Waals surface area contributed by atoms with Crippen molar-refractivity contribution in [1.29, 1.82) is 0 Å². The Bertz CT molecular complexity index is 839. The highest BCUT2D eigenvalue weighted by atomic mass is 35.5. The Balaban J connectivity index is 0.000000300. The Morgan fingerprint density at radius 1 is 0.893 bits per heavy atom. The van der Waals surface area contributed by atoms with E-state index in [4.69, 9.17) is 11.6 Å². The van der Waals surface area contributed by atoms with Crippen LogP contribution in [0.4, 0.5) is 0 Å². The number of thiazole rings is 1.